The van der Waals surface area contributed by atoms with Crippen LogP contribution in [-0.4, -0.2) is 13.1 Å². The number of nitrogens with one attached hydrogen (secondary N) is 1. The highest BCUT2D eigenvalue weighted by molar-refractivity contribution is 5.22. The van der Waals surface area contributed by atoms with Crippen molar-refractivity contribution in [1.29, 1.82) is 0 Å². The predicted molar refractivity (Wildman–Crippen MR) is 61.0 cm³/mol. The fraction of sp³-hybridized carbons (Fsp3) is 0.500. The Balaban J connectivity index is 2.82. The number of rotatable bonds is 5. The maximum absolute atomic E-state index is 13.5. The van der Waals surface area contributed by atoms with Crippen molar-refractivity contribution < 1.29 is 8.78 Å². The second-order valence-electron chi connectivity index (χ2n) is 4.23. The fourth-order valence-electron chi connectivity index (χ4n) is 1.49. The van der Waals surface area contributed by atoms with Gasteiger partial charge in [0.2, 0.25) is 0 Å². The van der Waals surface area contributed by atoms with Crippen LogP contribution in [0.25, 0.3) is 0 Å². The first-order valence-electron chi connectivity index (χ1n) is 5.43. The average Bonchev–Trinajstić information content (AvgIpc) is 2.24. The molecule has 0 fully saturated rings. The number of benzene rings is 1. The van der Waals surface area contributed by atoms with Gasteiger partial charge in [-0.25, -0.2) is 8.78 Å². The molecule has 3 N–H and O–H groups in total. The summed E-state index contributed by atoms with van der Waals surface area (Å²) < 4.78 is 26.5. The van der Waals surface area contributed by atoms with Gasteiger partial charge in [0.1, 0.15) is 0 Å². The molecule has 0 bridgehead atoms. The van der Waals surface area contributed by atoms with Gasteiger partial charge in [0.25, 0.3) is 0 Å². The van der Waals surface area contributed by atoms with Gasteiger partial charge in [0.05, 0.1) is 0 Å². The Hall–Kier alpha value is -1.00. The Morgan fingerprint density at radius 2 is 2.00 bits per heavy atom. The predicted octanol–water partition coefficient (Wildman–Crippen LogP) is 2.21. The topological polar surface area (TPSA) is 38.0 Å². The Kier molecular flexibility index (Phi) is 4.83. The van der Waals surface area contributed by atoms with Crippen molar-refractivity contribution in [3.8, 4) is 0 Å². The first-order valence-corrected chi connectivity index (χ1v) is 5.43. The minimum atomic E-state index is -0.831. The number of hydrogen-bond donors (Lipinski definition) is 2. The molecule has 1 unspecified atom stereocenters. The van der Waals surface area contributed by atoms with Crippen molar-refractivity contribution in [2.45, 2.75) is 19.9 Å². The molecule has 0 aromatic heterocycles. The molecule has 0 aliphatic rings. The van der Waals surface area contributed by atoms with E-state index in [4.69, 9.17) is 5.73 Å². The van der Waals surface area contributed by atoms with Gasteiger partial charge >= 0.3 is 0 Å². The van der Waals surface area contributed by atoms with Crippen LogP contribution in [0.15, 0.2) is 18.2 Å². The molecule has 0 amide bonds. The van der Waals surface area contributed by atoms with E-state index in [1.165, 1.54) is 6.07 Å². The van der Waals surface area contributed by atoms with Crippen LogP contribution in [0, 0.1) is 17.6 Å². The molecule has 0 aliphatic carbocycles. The summed E-state index contributed by atoms with van der Waals surface area (Å²) in [7, 11) is 0. The third-order valence-electron chi connectivity index (χ3n) is 2.37. The van der Waals surface area contributed by atoms with Crippen LogP contribution in [0.3, 0.4) is 0 Å². The summed E-state index contributed by atoms with van der Waals surface area (Å²) in [4.78, 5) is 0. The summed E-state index contributed by atoms with van der Waals surface area (Å²) >= 11 is 0. The molecular weight excluding hydrogens is 210 g/mol. The third kappa shape index (κ3) is 3.25. The lowest BCUT2D eigenvalue weighted by Crippen LogP contribution is -2.31. The van der Waals surface area contributed by atoms with E-state index in [2.05, 4.69) is 5.32 Å². The molecule has 90 valence electrons. The highest BCUT2D eigenvalue weighted by Gasteiger charge is 2.16. The van der Waals surface area contributed by atoms with Crippen molar-refractivity contribution >= 4 is 0 Å². The molecule has 0 spiro atoms. The van der Waals surface area contributed by atoms with E-state index < -0.39 is 11.6 Å². The zero-order chi connectivity index (χ0) is 12.1. The lowest BCUT2D eigenvalue weighted by Gasteiger charge is -2.19. The van der Waals surface area contributed by atoms with Crippen LogP contribution in [0.1, 0.15) is 25.5 Å². The Bertz CT molecular complexity index is 340. The van der Waals surface area contributed by atoms with E-state index >= 15 is 0 Å². The molecule has 1 aromatic rings. The molecule has 0 saturated carbocycles. The van der Waals surface area contributed by atoms with Crippen LogP contribution in [0.2, 0.25) is 0 Å². The van der Waals surface area contributed by atoms with Gasteiger partial charge < -0.3 is 11.1 Å². The summed E-state index contributed by atoms with van der Waals surface area (Å²) in [5, 5.41) is 3.12. The normalized spacial score (nSPS) is 13.1. The van der Waals surface area contributed by atoms with Gasteiger partial charge in [-0.05, 0) is 18.5 Å². The second kappa shape index (κ2) is 5.92. The maximum Gasteiger partial charge on any atom is 0.163 e. The minimum absolute atomic E-state index is 0.243. The Labute approximate surface area is 94.8 Å². The number of halogens is 2. The van der Waals surface area contributed by atoms with E-state index in [-0.39, 0.29) is 12.6 Å². The molecule has 0 radical (unpaired) electrons. The largest absolute Gasteiger partial charge is 0.329 e. The fourth-order valence-corrected chi connectivity index (χ4v) is 1.49. The molecular formula is C12H18F2N2. The van der Waals surface area contributed by atoms with E-state index in [9.17, 15) is 8.78 Å². The number of nitrogens with two attached hydrogens (primary N) is 1. The van der Waals surface area contributed by atoms with Crippen molar-refractivity contribution in [2.75, 3.05) is 13.1 Å². The molecule has 0 saturated heterocycles. The molecule has 1 atom stereocenters. The second-order valence-corrected chi connectivity index (χ2v) is 4.23. The van der Waals surface area contributed by atoms with E-state index in [0.29, 0.717) is 11.5 Å². The third-order valence-corrected chi connectivity index (χ3v) is 2.37. The summed E-state index contributed by atoms with van der Waals surface area (Å²) in [6, 6.07) is 3.82. The molecule has 1 rings (SSSR count). The van der Waals surface area contributed by atoms with Gasteiger partial charge in [0, 0.05) is 18.2 Å². The molecule has 2 nitrogen and oxygen atoms in total. The van der Waals surface area contributed by atoms with Crippen molar-refractivity contribution in [2.24, 2.45) is 11.7 Å². The van der Waals surface area contributed by atoms with Crippen LogP contribution in [0.5, 0.6) is 0 Å². The quantitative estimate of drug-likeness (QED) is 0.811. The van der Waals surface area contributed by atoms with Crippen molar-refractivity contribution in [3.63, 3.8) is 0 Å². The Morgan fingerprint density at radius 3 is 2.56 bits per heavy atom. The van der Waals surface area contributed by atoms with Crippen LogP contribution < -0.4 is 11.1 Å². The van der Waals surface area contributed by atoms with Gasteiger partial charge in [-0.3, -0.25) is 0 Å². The highest BCUT2D eigenvalue weighted by Crippen LogP contribution is 2.18. The van der Waals surface area contributed by atoms with Gasteiger partial charge in [0.15, 0.2) is 11.6 Å². The smallest absolute Gasteiger partial charge is 0.163 e. The van der Waals surface area contributed by atoms with Crippen LogP contribution in [0.4, 0.5) is 8.78 Å². The molecule has 1 aromatic carbocycles. The molecule has 0 aliphatic heterocycles. The van der Waals surface area contributed by atoms with Crippen LogP contribution >= 0.6 is 0 Å². The minimum Gasteiger partial charge on any atom is -0.329 e. The molecule has 4 heteroatoms. The van der Waals surface area contributed by atoms with Gasteiger partial charge in [-0.15, -0.1) is 0 Å². The van der Waals surface area contributed by atoms with Gasteiger partial charge in [-0.1, -0.05) is 26.0 Å². The zero-order valence-electron chi connectivity index (χ0n) is 9.63. The van der Waals surface area contributed by atoms with Crippen molar-refractivity contribution in [3.05, 3.63) is 35.4 Å². The molecule has 0 heterocycles. The summed E-state index contributed by atoms with van der Waals surface area (Å²) in [6.45, 7) is 5.05. The first-order chi connectivity index (χ1) is 7.56. The number of hydrogen-bond acceptors (Lipinski definition) is 2. The highest BCUT2D eigenvalue weighted by atomic mass is 19.2. The summed E-state index contributed by atoms with van der Waals surface area (Å²) in [5.41, 5.74) is 5.85. The van der Waals surface area contributed by atoms with E-state index in [0.717, 1.165) is 12.6 Å². The average molecular weight is 228 g/mol. The lowest BCUT2D eigenvalue weighted by atomic mass is 10.1. The molecule has 16 heavy (non-hydrogen) atoms. The first kappa shape index (κ1) is 13.1. The van der Waals surface area contributed by atoms with E-state index in [1.54, 1.807) is 6.07 Å². The van der Waals surface area contributed by atoms with Crippen LogP contribution in [-0.2, 0) is 0 Å². The lowest BCUT2D eigenvalue weighted by molar-refractivity contribution is 0.443. The summed E-state index contributed by atoms with van der Waals surface area (Å²) in [6.07, 6.45) is 0. The van der Waals surface area contributed by atoms with E-state index in [1.807, 2.05) is 13.8 Å². The zero-order valence-corrected chi connectivity index (χ0v) is 9.63. The Morgan fingerprint density at radius 1 is 1.31 bits per heavy atom. The standard InChI is InChI=1S/C12H18F2N2/c1-8(2)7-16-11(6-15)9-4-3-5-10(13)12(9)14/h3-5,8,11,16H,6-7,15H2,1-2H3. The SMILES string of the molecule is CC(C)CNC(CN)c1cccc(F)c1F. The maximum atomic E-state index is 13.5. The van der Waals surface area contributed by atoms with Crippen molar-refractivity contribution in [1.82, 2.24) is 5.32 Å². The summed E-state index contributed by atoms with van der Waals surface area (Å²) in [5.74, 6) is -1.21. The van der Waals surface area contributed by atoms with Gasteiger partial charge in [-0.2, -0.15) is 0 Å². The monoisotopic (exact) mass is 228 g/mol.